The van der Waals surface area contributed by atoms with Gasteiger partial charge in [0.1, 0.15) is 11.2 Å². The van der Waals surface area contributed by atoms with Crippen LogP contribution in [0, 0.1) is 6.92 Å². The number of carbonyl (C=O) groups is 1. The molecule has 4 rings (SSSR count). The zero-order valence-electron chi connectivity index (χ0n) is 18.7. The van der Waals surface area contributed by atoms with Crippen molar-refractivity contribution in [1.29, 1.82) is 0 Å². The van der Waals surface area contributed by atoms with E-state index in [2.05, 4.69) is 31.0 Å². The number of hydrogen-bond donors (Lipinski definition) is 1. The lowest BCUT2D eigenvalue weighted by molar-refractivity contribution is -0.120. The lowest BCUT2D eigenvalue weighted by Crippen LogP contribution is -2.41. The van der Waals surface area contributed by atoms with Gasteiger partial charge in [-0.15, -0.1) is 0 Å². The van der Waals surface area contributed by atoms with Crippen LogP contribution in [0.15, 0.2) is 32.0 Å². The number of benzene rings is 1. The second-order valence-electron chi connectivity index (χ2n) is 9.22. The Morgan fingerprint density at radius 2 is 1.87 bits per heavy atom. The first kappa shape index (κ1) is 21.6. The number of rotatable bonds is 5. The summed E-state index contributed by atoms with van der Waals surface area (Å²) in [5.74, 6) is -0.178. The van der Waals surface area contributed by atoms with Gasteiger partial charge in [-0.2, -0.15) is 0 Å². The van der Waals surface area contributed by atoms with Gasteiger partial charge in [0, 0.05) is 48.6 Å². The quantitative estimate of drug-likeness (QED) is 0.631. The van der Waals surface area contributed by atoms with Crippen molar-refractivity contribution in [2.24, 2.45) is 0 Å². The maximum Gasteiger partial charge on any atom is 0.340 e. The second-order valence-corrected chi connectivity index (χ2v) is 9.22. The number of ether oxygens (including phenoxy) is 1. The highest BCUT2D eigenvalue weighted by atomic mass is 16.5. The van der Waals surface area contributed by atoms with Gasteiger partial charge in [-0.25, -0.2) is 4.79 Å². The number of aryl methyl sites for hydroxylation is 1. The molecule has 3 heterocycles. The molecule has 0 spiro atoms. The van der Waals surface area contributed by atoms with Crippen molar-refractivity contribution in [3.63, 3.8) is 0 Å². The van der Waals surface area contributed by atoms with Gasteiger partial charge in [-0.3, -0.25) is 9.69 Å². The Kier molecular flexibility index (Phi) is 5.90. The lowest BCUT2D eigenvalue weighted by Gasteiger charge is -2.26. The van der Waals surface area contributed by atoms with Crippen molar-refractivity contribution in [1.82, 2.24) is 10.2 Å². The molecular weight excluding hydrogens is 396 g/mol. The minimum Gasteiger partial charge on any atom is -0.464 e. The van der Waals surface area contributed by atoms with Gasteiger partial charge in [-0.1, -0.05) is 20.8 Å². The molecule has 1 saturated heterocycles. The summed E-state index contributed by atoms with van der Waals surface area (Å²) in [7, 11) is 0. The molecule has 1 N–H and O–H groups in total. The molecule has 166 valence electrons. The largest absolute Gasteiger partial charge is 0.464 e. The number of fused-ring (bicyclic) bond motifs is 2. The van der Waals surface area contributed by atoms with Crippen molar-refractivity contribution in [2.45, 2.75) is 39.5 Å². The summed E-state index contributed by atoms with van der Waals surface area (Å²) in [6.07, 6.45) is 1.77. The molecule has 7 nitrogen and oxygen atoms in total. The predicted octanol–water partition coefficient (Wildman–Crippen LogP) is 3.14. The third-order valence-electron chi connectivity index (χ3n) is 5.98. The molecule has 0 radical (unpaired) electrons. The standard InChI is InChI=1S/C24H30N2O5/c1-15-16-11-18-19(24(2,3)4)14-30-20(18)13-21(16)31-23(28)17(15)12-22(27)25-5-6-26-7-9-29-10-8-26/h11,13-14H,5-10,12H2,1-4H3,(H,25,27). The summed E-state index contributed by atoms with van der Waals surface area (Å²) in [4.78, 5) is 27.4. The number of furan rings is 1. The topological polar surface area (TPSA) is 84.9 Å². The van der Waals surface area contributed by atoms with E-state index in [9.17, 15) is 9.59 Å². The van der Waals surface area contributed by atoms with Gasteiger partial charge >= 0.3 is 5.63 Å². The first-order valence-corrected chi connectivity index (χ1v) is 10.8. The normalized spacial score (nSPS) is 15.6. The maximum atomic E-state index is 12.6. The van der Waals surface area contributed by atoms with Crippen molar-refractivity contribution in [3.8, 4) is 0 Å². The lowest BCUT2D eigenvalue weighted by atomic mass is 9.86. The third kappa shape index (κ3) is 4.52. The first-order chi connectivity index (χ1) is 14.7. The average Bonchev–Trinajstić information content (AvgIpc) is 3.14. The molecule has 31 heavy (non-hydrogen) atoms. The van der Waals surface area contributed by atoms with Crippen LogP contribution in [0.1, 0.15) is 37.5 Å². The van der Waals surface area contributed by atoms with Crippen LogP contribution < -0.4 is 10.9 Å². The smallest absolute Gasteiger partial charge is 0.340 e. The van der Waals surface area contributed by atoms with Crippen molar-refractivity contribution in [3.05, 3.63) is 45.5 Å². The van der Waals surface area contributed by atoms with Crippen LogP contribution in [0.5, 0.6) is 0 Å². The fourth-order valence-corrected chi connectivity index (χ4v) is 4.10. The first-order valence-electron chi connectivity index (χ1n) is 10.8. The third-order valence-corrected chi connectivity index (χ3v) is 5.98. The molecule has 3 aromatic rings. The van der Waals surface area contributed by atoms with E-state index in [0.29, 0.717) is 23.3 Å². The maximum absolute atomic E-state index is 12.6. The van der Waals surface area contributed by atoms with Crippen molar-refractivity contribution in [2.75, 3.05) is 39.4 Å². The Morgan fingerprint density at radius 3 is 2.58 bits per heavy atom. The Balaban J connectivity index is 1.56. The van der Waals surface area contributed by atoms with Crippen LogP contribution in [0.2, 0.25) is 0 Å². The van der Waals surface area contributed by atoms with Gasteiger partial charge in [0.15, 0.2) is 0 Å². The van der Waals surface area contributed by atoms with Crippen LogP contribution in [0.25, 0.3) is 21.9 Å². The zero-order valence-corrected chi connectivity index (χ0v) is 18.7. The van der Waals surface area contributed by atoms with E-state index in [1.165, 1.54) is 0 Å². The van der Waals surface area contributed by atoms with E-state index in [-0.39, 0.29) is 17.7 Å². The highest BCUT2D eigenvalue weighted by Crippen LogP contribution is 2.35. The molecule has 0 saturated carbocycles. The van der Waals surface area contributed by atoms with Crippen molar-refractivity contribution < 1.29 is 18.4 Å². The highest BCUT2D eigenvalue weighted by Gasteiger charge is 2.22. The van der Waals surface area contributed by atoms with E-state index < -0.39 is 5.63 Å². The minimum atomic E-state index is -0.477. The molecule has 0 atom stereocenters. The number of nitrogens with one attached hydrogen (secondary N) is 1. The van der Waals surface area contributed by atoms with Crippen LogP contribution >= 0.6 is 0 Å². The summed E-state index contributed by atoms with van der Waals surface area (Å²) in [6, 6.07) is 3.77. The molecular formula is C24H30N2O5. The summed E-state index contributed by atoms with van der Waals surface area (Å²) in [5.41, 5.74) is 2.88. The Labute approximate surface area is 181 Å². The summed E-state index contributed by atoms with van der Waals surface area (Å²) >= 11 is 0. The van der Waals surface area contributed by atoms with E-state index in [4.69, 9.17) is 13.6 Å². The van der Waals surface area contributed by atoms with E-state index in [1.54, 1.807) is 12.3 Å². The van der Waals surface area contributed by atoms with Gasteiger partial charge in [0.05, 0.1) is 31.5 Å². The van der Waals surface area contributed by atoms with Crippen LogP contribution in [0.4, 0.5) is 0 Å². The van der Waals surface area contributed by atoms with Crippen molar-refractivity contribution >= 4 is 27.8 Å². The van der Waals surface area contributed by atoms with Crippen LogP contribution in [-0.4, -0.2) is 50.2 Å². The number of morpholine rings is 1. The summed E-state index contributed by atoms with van der Waals surface area (Å²) < 4.78 is 16.6. The monoisotopic (exact) mass is 426 g/mol. The summed E-state index contributed by atoms with van der Waals surface area (Å²) in [5, 5.41) is 4.75. The highest BCUT2D eigenvalue weighted by molar-refractivity contribution is 5.97. The number of amides is 1. The number of nitrogens with zero attached hydrogens (tertiary/aromatic N) is 1. The fraction of sp³-hybridized carbons (Fsp3) is 0.500. The zero-order chi connectivity index (χ0) is 22.2. The Hall–Kier alpha value is -2.64. The minimum absolute atomic E-state index is 0.00275. The second kappa shape index (κ2) is 8.48. The average molecular weight is 427 g/mol. The molecule has 1 amide bonds. The van der Waals surface area contributed by atoms with Gasteiger partial charge in [0.2, 0.25) is 5.91 Å². The Morgan fingerprint density at radius 1 is 1.13 bits per heavy atom. The van der Waals surface area contributed by atoms with Crippen LogP contribution in [-0.2, 0) is 21.4 Å². The molecule has 1 aliphatic rings. The molecule has 1 fully saturated rings. The van der Waals surface area contributed by atoms with Gasteiger partial charge in [0.25, 0.3) is 0 Å². The van der Waals surface area contributed by atoms with Gasteiger partial charge < -0.3 is 18.9 Å². The number of carbonyl (C=O) groups excluding carboxylic acids is 1. The van der Waals surface area contributed by atoms with E-state index in [1.807, 2.05) is 13.0 Å². The van der Waals surface area contributed by atoms with Gasteiger partial charge in [-0.05, 0) is 24.0 Å². The molecule has 0 unspecified atom stereocenters. The fourth-order valence-electron chi connectivity index (χ4n) is 4.10. The van der Waals surface area contributed by atoms with Crippen LogP contribution in [0.3, 0.4) is 0 Å². The van der Waals surface area contributed by atoms with E-state index in [0.717, 1.165) is 54.7 Å². The molecule has 1 aromatic carbocycles. The summed E-state index contributed by atoms with van der Waals surface area (Å²) in [6.45, 7) is 12.8. The molecule has 0 bridgehead atoms. The molecule has 7 heteroatoms. The molecule has 0 aliphatic carbocycles. The Bertz CT molecular complexity index is 1160. The number of hydrogen-bond acceptors (Lipinski definition) is 6. The predicted molar refractivity (Wildman–Crippen MR) is 120 cm³/mol. The SMILES string of the molecule is Cc1c(CC(=O)NCCN2CCOCC2)c(=O)oc2cc3occ(C(C)(C)C)c3cc12. The molecule has 2 aromatic heterocycles. The molecule has 1 aliphatic heterocycles. The van der Waals surface area contributed by atoms with E-state index >= 15 is 0 Å².